The van der Waals surface area contributed by atoms with Crippen molar-refractivity contribution in [2.24, 2.45) is 0 Å². The molecule has 4 nitrogen and oxygen atoms in total. The van der Waals surface area contributed by atoms with Gasteiger partial charge in [-0.15, -0.1) is 0 Å². The first kappa shape index (κ1) is 46.5. The molecule has 1 N–H and O–H groups in total. The molecule has 2 rings (SSSR count). The fourth-order valence-electron chi connectivity index (χ4n) is 3.50. The van der Waals surface area contributed by atoms with Gasteiger partial charge in [0.05, 0.1) is 0 Å². The van der Waals surface area contributed by atoms with Gasteiger partial charge in [-0.3, -0.25) is 0 Å². The van der Waals surface area contributed by atoms with Crippen LogP contribution in [0, 0.1) is 58.3 Å². The predicted molar refractivity (Wildman–Crippen MR) is 156 cm³/mol. The van der Waals surface area contributed by atoms with E-state index < -0.39 is 15.6 Å². The normalized spacial score (nSPS) is 16.7. The van der Waals surface area contributed by atoms with Crippen LogP contribution in [0.1, 0.15) is 99.3 Å². The maximum absolute atomic E-state index is 10.7. The molecule has 2 fully saturated rings. The maximum atomic E-state index is 10.7. The molecule has 2 aliphatic rings. The predicted octanol–water partition coefficient (Wildman–Crippen LogP) is 8.70. The molecule has 2 aliphatic carbocycles. The fraction of sp³-hybridized carbons (Fsp3) is 0.690. The van der Waals surface area contributed by atoms with Crippen molar-refractivity contribution in [2.75, 3.05) is 6.61 Å². The molecule has 0 aromatic carbocycles. The molecule has 0 aliphatic heterocycles. The summed E-state index contributed by atoms with van der Waals surface area (Å²) >= 11 is 0. The van der Waals surface area contributed by atoms with Crippen molar-refractivity contribution in [3.05, 3.63) is 58.3 Å². The fourth-order valence-corrected chi connectivity index (χ4v) is 7.08. The number of alkyl halides is 3. The van der Waals surface area contributed by atoms with Crippen LogP contribution in [0.4, 0.5) is 13.2 Å². The Kier molecular flexibility index (Phi) is 35.9. The maximum Gasteiger partial charge on any atom is 2.00 e. The van der Waals surface area contributed by atoms with Gasteiger partial charge in [0, 0.05) is 6.61 Å². The van der Waals surface area contributed by atoms with Crippen molar-refractivity contribution < 1.29 is 47.7 Å². The molecule has 39 heavy (non-hydrogen) atoms. The Morgan fingerprint density at radius 3 is 0.923 bits per heavy atom. The zero-order chi connectivity index (χ0) is 30.0. The van der Waals surface area contributed by atoms with E-state index in [1.165, 1.54) is 51.4 Å². The van der Waals surface area contributed by atoms with Gasteiger partial charge < -0.3 is 16.6 Å². The van der Waals surface area contributed by atoms with Gasteiger partial charge in [0.1, 0.15) is 0 Å². The van der Waals surface area contributed by atoms with Crippen molar-refractivity contribution in [1.29, 1.82) is 0 Å². The number of rotatable bonds is 4. The van der Waals surface area contributed by atoms with Crippen LogP contribution < -0.4 is 0 Å². The molecule has 234 valence electrons. The van der Waals surface area contributed by atoms with E-state index >= 15 is 0 Å². The zero-order valence-electron chi connectivity index (χ0n) is 24.6. The molecule has 0 saturated heterocycles. The van der Waals surface area contributed by atoms with Gasteiger partial charge in [-0.2, -0.15) is 19.6 Å². The van der Waals surface area contributed by atoms with E-state index in [9.17, 15) is 13.2 Å². The third-order valence-corrected chi connectivity index (χ3v) is 9.04. The number of hydrogen-bond acceptors (Lipinski definition) is 4. The summed E-state index contributed by atoms with van der Waals surface area (Å²) in [7, 11) is -5.83. The minimum atomic E-state index is -6.09. The summed E-state index contributed by atoms with van der Waals surface area (Å²) < 4.78 is 58.9. The van der Waals surface area contributed by atoms with Crippen molar-refractivity contribution in [2.45, 2.75) is 122 Å². The van der Waals surface area contributed by atoms with Crippen LogP contribution in [-0.2, 0) is 26.6 Å². The average molecular weight is 643 g/mol. The number of aliphatic hydroxyl groups is 1. The molecule has 0 aromatic rings. The Bertz CT molecular complexity index is 505. The topological polar surface area (TPSA) is 77.4 Å². The van der Waals surface area contributed by atoms with Crippen LogP contribution in [-0.4, -0.2) is 47.2 Å². The number of halogens is 3. The molecule has 0 aromatic heterocycles. The van der Waals surface area contributed by atoms with Crippen molar-refractivity contribution in [3.63, 3.8) is 0 Å². The molecule has 0 bridgehead atoms. The van der Waals surface area contributed by atoms with E-state index in [1.54, 1.807) is 0 Å². The van der Waals surface area contributed by atoms with Crippen molar-refractivity contribution in [3.8, 4) is 0 Å². The van der Waals surface area contributed by atoms with Crippen LogP contribution in [0.3, 0.4) is 0 Å². The molecule has 0 atom stereocenters. The van der Waals surface area contributed by atoms with E-state index in [4.69, 9.17) is 18.1 Å². The second-order valence-corrected chi connectivity index (χ2v) is 14.8. The van der Waals surface area contributed by atoms with Gasteiger partial charge in [0.25, 0.3) is 0 Å². The first-order valence-corrected chi connectivity index (χ1v) is 16.4. The number of aliphatic hydroxyl groups excluding tert-OH is 1. The van der Waals surface area contributed by atoms with Gasteiger partial charge in [0.2, 0.25) is 0 Å². The van der Waals surface area contributed by atoms with Crippen molar-refractivity contribution in [1.82, 2.24) is 0 Å². The van der Waals surface area contributed by atoms with E-state index in [1.807, 2.05) is 0 Å². The average Bonchev–Trinajstić information content (AvgIpc) is 2.72. The van der Waals surface area contributed by atoms with E-state index in [2.05, 4.69) is 99.8 Å². The number of hydrogen-bond donors (Lipinski definition) is 1. The standard InChI is InChI=1S/C9H21P.2C8H12.C3H7O.CHF3O3S.Ni/c1-7(2)10(8(3)4)9(5)6;2*1-2-4-6-8-7-5-3-1;1-2-3-4;2-1(3,4)8(5,6)7;/h7-9H,1-6H3;2*1-2,7-8H,3-6H2;4H,1-3H2;(H,5,6,7);/q;;;-1;;+2/p-1. The molecule has 0 amide bonds. The van der Waals surface area contributed by atoms with Crippen molar-refractivity contribution >= 4 is 18.0 Å². The molecule has 0 unspecified atom stereocenters. The summed E-state index contributed by atoms with van der Waals surface area (Å²) in [5.41, 5.74) is -2.95. The SMILES string of the molecule is CC(C)P(C(C)C)C(C)C.O=S(=O)([O-])C(F)(F)F.[CH2-]CCO.[CH]1[CH]CC[CH][CH]CC1.[CH]1[CH]CC[CH][CH]CC1.[Ni+2]. The van der Waals surface area contributed by atoms with E-state index in [-0.39, 0.29) is 31.0 Å². The molecule has 0 spiro atoms. The van der Waals surface area contributed by atoms with Gasteiger partial charge in [-0.25, -0.2) is 8.42 Å². The summed E-state index contributed by atoms with van der Waals surface area (Å²) in [4.78, 5) is 0. The molecule has 0 heterocycles. The summed E-state index contributed by atoms with van der Waals surface area (Å²) in [6.07, 6.45) is 28.6. The molecule has 8 radical (unpaired) electrons. The summed E-state index contributed by atoms with van der Waals surface area (Å²) in [5.74, 6) is 0. The third-order valence-electron chi connectivity index (χ3n) is 4.90. The quantitative estimate of drug-likeness (QED) is 0.109. The van der Waals surface area contributed by atoms with Gasteiger partial charge in [0.15, 0.2) is 10.1 Å². The monoisotopic (exact) mass is 642 g/mol. The van der Waals surface area contributed by atoms with Crippen LogP contribution >= 0.6 is 7.92 Å². The molecular weight excluding hydrogens is 591 g/mol. The Morgan fingerprint density at radius 1 is 0.718 bits per heavy atom. The Morgan fingerprint density at radius 2 is 0.872 bits per heavy atom. The largest absolute Gasteiger partial charge is 2.00 e. The Hall–Kier alpha value is 0.584. The molecule has 10 heteroatoms. The van der Waals surface area contributed by atoms with Gasteiger partial charge in [-0.1, -0.05) is 49.5 Å². The van der Waals surface area contributed by atoms with Gasteiger partial charge in [-0.05, 0) is 120 Å². The third kappa shape index (κ3) is 34.7. The van der Waals surface area contributed by atoms with Crippen LogP contribution in [0.2, 0.25) is 0 Å². The molecular formula is C29H52F3NiO4PS. The van der Waals surface area contributed by atoms with E-state index in [0.717, 1.165) is 17.0 Å². The first-order valence-electron chi connectivity index (χ1n) is 13.4. The first-order chi connectivity index (χ1) is 17.6. The van der Waals surface area contributed by atoms with Crippen LogP contribution in [0.15, 0.2) is 0 Å². The van der Waals surface area contributed by atoms with Crippen LogP contribution in [0.5, 0.6) is 0 Å². The van der Waals surface area contributed by atoms with Crippen LogP contribution in [0.25, 0.3) is 0 Å². The smallest absolute Gasteiger partial charge is 0.741 e. The summed E-state index contributed by atoms with van der Waals surface area (Å²) in [6, 6.07) is 0. The minimum absolute atomic E-state index is 0. The minimum Gasteiger partial charge on any atom is -0.741 e. The molecule has 2 saturated carbocycles. The Labute approximate surface area is 251 Å². The second-order valence-electron chi connectivity index (χ2n) is 9.40. The second kappa shape index (κ2) is 30.1. The summed E-state index contributed by atoms with van der Waals surface area (Å²) in [5, 5.41) is 7.81. The summed E-state index contributed by atoms with van der Waals surface area (Å²) in [6.45, 7) is 17.7. The van der Waals surface area contributed by atoms with Gasteiger partial charge >= 0.3 is 22.0 Å². The Balaban J connectivity index is -0.000000199. The zero-order valence-corrected chi connectivity index (χ0v) is 27.3. The van der Waals surface area contributed by atoms with E-state index in [0.29, 0.717) is 6.42 Å².